The third-order valence-corrected chi connectivity index (χ3v) is 11.2. The molecule has 1 amide bonds. The van der Waals surface area contributed by atoms with E-state index in [1.165, 1.54) is 0 Å². The first kappa shape index (κ1) is 23.0. The molecule has 0 aliphatic rings. The summed E-state index contributed by atoms with van der Waals surface area (Å²) in [6.07, 6.45) is 1.57. The number of amides is 1. The standard InChI is InChI=1S/C22H34N2O4Si/c1-9-23(10-2)21(26)28-18-13-12-17-16(19(18)20(25)27-11-3)14-15-24(17)29(7,8)22(4,5)6/h12-15H,9-11H2,1-8H3. The van der Waals surface area contributed by atoms with E-state index in [0.717, 1.165) is 10.9 Å². The summed E-state index contributed by atoms with van der Waals surface area (Å²) in [6, 6.07) is 5.57. The molecule has 0 aliphatic heterocycles. The number of hydrogen-bond acceptors (Lipinski definition) is 4. The van der Waals surface area contributed by atoms with Crippen molar-refractivity contribution in [3.63, 3.8) is 0 Å². The summed E-state index contributed by atoms with van der Waals surface area (Å²) < 4.78 is 13.2. The summed E-state index contributed by atoms with van der Waals surface area (Å²) in [6.45, 7) is 18.2. The Bertz CT molecular complexity index is 892. The van der Waals surface area contributed by atoms with Crippen LogP contribution in [0.5, 0.6) is 5.75 Å². The first-order chi connectivity index (χ1) is 13.5. The third-order valence-electron chi connectivity index (χ3n) is 5.97. The van der Waals surface area contributed by atoms with Crippen molar-refractivity contribution < 1.29 is 19.1 Å². The fourth-order valence-corrected chi connectivity index (χ4v) is 5.15. The Labute approximate surface area is 174 Å². The van der Waals surface area contributed by atoms with E-state index >= 15 is 0 Å². The molecule has 0 spiro atoms. The molecule has 0 bridgehead atoms. The van der Waals surface area contributed by atoms with Crippen molar-refractivity contribution in [3.05, 3.63) is 30.0 Å². The zero-order valence-electron chi connectivity index (χ0n) is 19.0. The van der Waals surface area contributed by atoms with Crippen LogP contribution in [-0.2, 0) is 4.74 Å². The van der Waals surface area contributed by atoms with Crippen LogP contribution in [0.4, 0.5) is 4.79 Å². The molecular weight excluding hydrogens is 384 g/mol. The van der Waals surface area contributed by atoms with E-state index in [0.29, 0.717) is 18.7 Å². The summed E-state index contributed by atoms with van der Waals surface area (Å²) in [4.78, 5) is 26.9. The van der Waals surface area contributed by atoms with Gasteiger partial charge in [0.25, 0.3) is 0 Å². The van der Waals surface area contributed by atoms with Crippen molar-refractivity contribution in [1.82, 2.24) is 9.13 Å². The van der Waals surface area contributed by atoms with Gasteiger partial charge in [0.2, 0.25) is 0 Å². The van der Waals surface area contributed by atoms with E-state index in [-0.39, 0.29) is 17.4 Å². The Morgan fingerprint density at radius 3 is 2.21 bits per heavy atom. The minimum atomic E-state index is -1.90. The van der Waals surface area contributed by atoms with Crippen molar-refractivity contribution in [1.29, 1.82) is 0 Å². The zero-order valence-corrected chi connectivity index (χ0v) is 20.0. The maximum Gasteiger partial charge on any atom is 0.415 e. The van der Waals surface area contributed by atoms with Crippen LogP contribution < -0.4 is 4.74 Å². The second kappa shape index (κ2) is 8.61. The van der Waals surface area contributed by atoms with Crippen LogP contribution in [-0.4, -0.2) is 49.1 Å². The van der Waals surface area contributed by atoms with Gasteiger partial charge in [0.05, 0.1) is 6.61 Å². The van der Waals surface area contributed by atoms with E-state index in [1.54, 1.807) is 17.9 Å². The topological polar surface area (TPSA) is 60.8 Å². The molecule has 29 heavy (non-hydrogen) atoms. The number of aromatic nitrogens is 1. The van der Waals surface area contributed by atoms with Crippen LogP contribution in [0.15, 0.2) is 24.4 Å². The normalized spacial score (nSPS) is 12.1. The van der Waals surface area contributed by atoms with Gasteiger partial charge in [0.15, 0.2) is 8.24 Å². The Hall–Kier alpha value is -2.28. The van der Waals surface area contributed by atoms with Gasteiger partial charge in [-0.3, -0.25) is 0 Å². The molecule has 2 aromatic rings. The SMILES string of the molecule is CCOC(=O)c1c(OC(=O)N(CC)CC)ccc2c1ccn2[Si](C)(C)C(C)(C)C. The maximum atomic E-state index is 12.8. The molecule has 0 radical (unpaired) electrons. The zero-order chi connectivity index (χ0) is 22.0. The summed E-state index contributed by atoms with van der Waals surface area (Å²) in [5.74, 6) is -0.241. The fraction of sp³-hybridized carbons (Fsp3) is 0.545. The molecule has 7 heteroatoms. The van der Waals surface area contributed by atoms with Crippen LogP contribution >= 0.6 is 0 Å². The van der Waals surface area contributed by atoms with Gasteiger partial charge in [-0.1, -0.05) is 33.9 Å². The highest BCUT2D eigenvalue weighted by Gasteiger charge is 2.38. The van der Waals surface area contributed by atoms with Crippen molar-refractivity contribution in [2.75, 3.05) is 19.7 Å². The average molecular weight is 419 g/mol. The lowest BCUT2D eigenvalue weighted by molar-refractivity contribution is 0.0525. The van der Waals surface area contributed by atoms with E-state index in [1.807, 2.05) is 32.2 Å². The minimum absolute atomic E-state index is 0.122. The molecule has 0 fully saturated rings. The van der Waals surface area contributed by atoms with Gasteiger partial charge in [-0.05, 0) is 50.2 Å². The quantitative estimate of drug-likeness (QED) is 0.458. The second-order valence-electron chi connectivity index (χ2n) is 8.63. The molecule has 0 saturated carbocycles. The number of benzene rings is 1. The number of hydrogen-bond donors (Lipinski definition) is 0. The average Bonchev–Trinajstić information content (AvgIpc) is 3.06. The highest BCUT2D eigenvalue weighted by atomic mass is 28.3. The predicted octanol–water partition coefficient (Wildman–Crippen LogP) is 5.51. The lowest BCUT2D eigenvalue weighted by Gasteiger charge is -2.38. The van der Waals surface area contributed by atoms with E-state index < -0.39 is 20.3 Å². The lowest BCUT2D eigenvalue weighted by Crippen LogP contribution is -2.44. The number of rotatable bonds is 6. The van der Waals surface area contributed by atoms with Gasteiger partial charge in [-0.15, -0.1) is 0 Å². The van der Waals surface area contributed by atoms with E-state index in [2.05, 4.69) is 38.1 Å². The minimum Gasteiger partial charge on any atom is -0.462 e. The Morgan fingerprint density at radius 2 is 1.69 bits per heavy atom. The summed E-state index contributed by atoms with van der Waals surface area (Å²) >= 11 is 0. The molecular formula is C22H34N2O4Si. The van der Waals surface area contributed by atoms with Crippen molar-refractivity contribution in [3.8, 4) is 5.75 Å². The Balaban J connectivity index is 2.65. The summed E-state index contributed by atoms with van der Waals surface area (Å²) in [5.41, 5.74) is 1.27. The third kappa shape index (κ3) is 4.34. The maximum absolute atomic E-state index is 12.8. The van der Waals surface area contributed by atoms with Crippen molar-refractivity contribution in [2.45, 2.75) is 59.7 Å². The largest absolute Gasteiger partial charge is 0.462 e. The van der Waals surface area contributed by atoms with Crippen LogP contribution in [0.25, 0.3) is 10.9 Å². The molecule has 1 aromatic carbocycles. The van der Waals surface area contributed by atoms with Gasteiger partial charge < -0.3 is 18.6 Å². The molecule has 160 valence electrons. The molecule has 0 saturated heterocycles. The highest BCUT2D eigenvalue weighted by molar-refractivity contribution is 6.79. The van der Waals surface area contributed by atoms with Crippen molar-refractivity contribution in [2.24, 2.45) is 0 Å². The smallest absolute Gasteiger partial charge is 0.415 e. The molecule has 0 aliphatic carbocycles. The highest BCUT2D eigenvalue weighted by Crippen LogP contribution is 2.40. The number of carbonyl (C=O) groups excluding carboxylic acids is 2. The predicted molar refractivity (Wildman–Crippen MR) is 119 cm³/mol. The molecule has 6 nitrogen and oxygen atoms in total. The monoisotopic (exact) mass is 418 g/mol. The number of ether oxygens (including phenoxy) is 2. The number of esters is 1. The first-order valence-corrected chi connectivity index (χ1v) is 13.2. The molecule has 0 unspecified atom stereocenters. The summed E-state index contributed by atoms with van der Waals surface area (Å²) in [7, 11) is -1.90. The van der Waals surface area contributed by atoms with Gasteiger partial charge in [0.1, 0.15) is 11.3 Å². The molecule has 0 atom stereocenters. The summed E-state index contributed by atoms with van der Waals surface area (Å²) in [5, 5.41) is 0.870. The van der Waals surface area contributed by atoms with Crippen LogP contribution in [0.1, 0.15) is 51.9 Å². The number of fused-ring (bicyclic) bond motifs is 1. The molecule has 0 N–H and O–H groups in total. The Morgan fingerprint density at radius 1 is 1.07 bits per heavy atom. The lowest BCUT2D eigenvalue weighted by atomic mass is 10.1. The van der Waals surface area contributed by atoms with Crippen LogP contribution in [0, 0.1) is 0 Å². The van der Waals surface area contributed by atoms with Gasteiger partial charge in [-0.2, -0.15) is 0 Å². The first-order valence-electron chi connectivity index (χ1n) is 10.3. The molecule has 1 aromatic heterocycles. The second-order valence-corrected chi connectivity index (χ2v) is 13.7. The van der Waals surface area contributed by atoms with E-state index in [9.17, 15) is 9.59 Å². The van der Waals surface area contributed by atoms with Gasteiger partial charge in [0, 0.05) is 24.0 Å². The van der Waals surface area contributed by atoms with E-state index in [4.69, 9.17) is 9.47 Å². The van der Waals surface area contributed by atoms with Crippen LogP contribution in [0.3, 0.4) is 0 Å². The fourth-order valence-electron chi connectivity index (χ4n) is 3.18. The number of carbonyl (C=O) groups is 2. The number of nitrogens with zero attached hydrogens (tertiary/aromatic N) is 2. The van der Waals surface area contributed by atoms with Gasteiger partial charge in [-0.25, -0.2) is 9.59 Å². The van der Waals surface area contributed by atoms with Crippen LogP contribution in [0.2, 0.25) is 18.1 Å². The van der Waals surface area contributed by atoms with Gasteiger partial charge >= 0.3 is 12.1 Å². The Kier molecular flexibility index (Phi) is 6.83. The molecule has 1 heterocycles. The van der Waals surface area contributed by atoms with Crippen molar-refractivity contribution >= 4 is 31.2 Å². The molecule has 2 rings (SSSR count).